The topological polar surface area (TPSA) is 95.5 Å². The molecule has 0 saturated heterocycles. The predicted molar refractivity (Wildman–Crippen MR) is 97.6 cm³/mol. The van der Waals surface area contributed by atoms with Crippen molar-refractivity contribution < 1.29 is 19.5 Å². The highest BCUT2D eigenvalue weighted by atomic mass is 16.4. The van der Waals surface area contributed by atoms with Crippen molar-refractivity contribution >= 4 is 23.9 Å². The number of aryl methyl sites for hydroxylation is 1. The van der Waals surface area contributed by atoms with Crippen molar-refractivity contribution in [2.24, 2.45) is 0 Å². The zero-order chi connectivity index (χ0) is 18.5. The van der Waals surface area contributed by atoms with Crippen molar-refractivity contribution in [2.75, 3.05) is 11.9 Å². The number of hydrogen-bond acceptors (Lipinski definition) is 4. The van der Waals surface area contributed by atoms with Crippen LogP contribution in [0.1, 0.15) is 51.0 Å². The van der Waals surface area contributed by atoms with Crippen LogP contribution in [0.15, 0.2) is 24.3 Å². The minimum atomic E-state index is -1.10. The molecule has 0 aliphatic rings. The molecule has 0 aromatic heterocycles. The molecule has 0 spiro atoms. The van der Waals surface area contributed by atoms with Crippen molar-refractivity contribution in [3.8, 4) is 0 Å². The first kappa shape index (κ1) is 20.7. The standard InChI is InChI=1S/C19H28N2O4/c1-2-20-16-10-7-9-15(12-16)8-5-3-4-6-11-18(23)21-17(14-22)13-19(24)25/h7,9-10,12,14,17,20H,2-6,8,11,13H2,1H3,(H,21,23)(H,24,25). The average Bonchev–Trinajstić information content (AvgIpc) is 2.57. The van der Waals surface area contributed by atoms with E-state index in [4.69, 9.17) is 5.11 Å². The van der Waals surface area contributed by atoms with E-state index in [1.54, 1.807) is 0 Å². The number of benzene rings is 1. The van der Waals surface area contributed by atoms with Gasteiger partial charge in [0.05, 0.1) is 12.5 Å². The van der Waals surface area contributed by atoms with Crippen molar-refractivity contribution in [3.63, 3.8) is 0 Å². The number of unbranched alkanes of at least 4 members (excludes halogenated alkanes) is 3. The summed E-state index contributed by atoms with van der Waals surface area (Å²) >= 11 is 0. The smallest absolute Gasteiger partial charge is 0.305 e. The van der Waals surface area contributed by atoms with Crippen LogP contribution in [0.25, 0.3) is 0 Å². The normalized spacial score (nSPS) is 11.6. The highest BCUT2D eigenvalue weighted by Crippen LogP contribution is 2.14. The molecule has 138 valence electrons. The molecule has 6 heteroatoms. The molecule has 1 unspecified atom stereocenters. The third kappa shape index (κ3) is 9.49. The van der Waals surface area contributed by atoms with Crippen LogP contribution in [0.4, 0.5) is 5.69 Å². The van der Waals surface area contributed by atoms with Gasteiger partial charge in [0, 0.05) is 18.7 Å². The highest BCUT2D eigenvalue weighted by molar-refractivity contribution is 5.82. The summed E-state index contributed by atoms with van der Waals surface area (Å²) in [5.74, 6) is -1.37. The summed E-state index contributed by atoms with van der Waals surface area (Å²) in [5, 5.41) is 14.4. The number of rotatable bonds is 13. The molecule has 3 N–H and O–H groups in total. The van der Waals surface area contributed by atoms with Gasteiger partial charge in [-0.05, 0) is 43.9 Å². The van der Waals surface area contributed by atoms with Gasteiger partial charge >= 0.3 is 5.97 Å². The summed E-state index contributed by atoms with van der Waals surface area (Å²) in [5.41, 5.74) is 2.45. The lowest BCUT2D eigenvalue weighted by molar-refractivity contribution is -0.138. The molecule has 0 aliphatic heterocycles. The average molecular weight is 348 g/mol. The fourth-order valence-electron chi connectivity index (χ4n) is 2.61. The molecule has 1 aromatic rings. The molecule has 1 amide bonds. The SMILES string of the molecule is CCNc1cccc(CCCCCCC(=O)NC(C=O)CC(=O)O)c1. The number of nitrogens with one attached hydrogen (secondary N) is 2. The molecule has 1 aromatic carbocycles. The Morgan fingerprint density at radius 2 is 1.96 bits per heavy atom. The van der Waals surface area contributed by atoms with Gasteiger partial charge in [-0.15, -0.1) is 0 Å². The number of amides is 1. The Morgan fingerprint density at radius 3 is 2.64 bits per heavy atom. The molecule has 0 heterocycles. The fraction of sp³-hybridized carbons (Fsp3) is 0.526. The Kier molecular flexibility index (Phi) is 9.97. The molecular formula is C19H28N2O4. The number of anilines is 1. The van der Waals surface area contributed by atoms with Crippen LogP contribution < -0.4 is 10.6 Å². The Labute approximate surface area is 149 Å². The molecule has 1 rings (SSSR count). The maximum Gasteiger partial charge on any atom is 0.305 e. The molecule has 0 radical (unpaired) electrons. The van der Waals surface area contributed by atoms with E-state index in [1.165, 1.54) is 5.56 Å². The quantitative estimate of drug-likeness (QED) is 0.376. The minimum Gasteiger partial charge on any atom is -0.481 e. The maximum absolute atomic E-state index is 11.7. The Balaban J connectivity index is 2.15. The third-order valence-electron chi connectivity index (χ3n) is 3.83. The molecule has 0 fully saturated rings. The van der Waals surface area contributed by atoms with E-state index in [-0.39, 0.29) is 12.3 Å². The van der Waals surface area contributed by atoms with Gasteiger partial charge in [0.25, 0.3) is 0 Å². The summed E-state index contributed by atoms with van der Waals surface area (Å²) in [7, 11) is 0. The molecule has 0 aliphatic carbocycles. The first-order valence-corrected chi connectivity index (χ1v) is 8.84. The maximum atomic E-state index is 11.7. The zero-order valence-corrected chi connectivity index (χ0v) is 14.8. The summed E-state index contributed by atoms with van der Waals surface area (Å²) in [6.07, 6.45) is 5.19. The van der Waals surface area contributed by atoms with E-state index in [2.05, 4.69) is 41.8 Å². The summed E-state index contributed by atoms with van der Waals surface area (Å²) in [6.45, 7) is 2.98. The van der Waals surface area contributed by atoms with Crippen LogP contribution >= 0.6 is 0 Å². The van der Waals surface area contributed by atoms with Gasteiger partial charge in [0.15, 0.2) is 0 Å². The van der Waals surface area contributed by atoms with E-state index < -0.39 is 12.0 Å². The summed E-state index contributed by atoms with van der Waals surface area (Å²) in [6, 6.07) is 7.46. The summed E-state index contributed by atoms with van der Waals surface area (Å²) < 4.78 is 0. The fourth-order valence-corrected chi connectivity index (χ4v) is 2.61. The van der Waals surface area contributed by atoms with Gasteiger partial charge in [-0.1, -0.05) is 25.0 Å². The van der Waals surface area contributed by atoms with Crippen LogP contribution in [-0.4, -0.2) is 35.9 Å². The number of aldehydes is 1. The van der Waals surface area contributed by atoms with Crippen LogP contribution in [0.3, 0.4) is 0 Å². The van der Waals surface area contributed by atoms with Gasteiger partial charge in [-0.3, -0.25) is 9.59 Å². The molecule has 25 heavy (non-hydrogen) atoms. The lowest BCUT2D eigenvalue weighted by atomic mass is 10.0. The number of carboxylic acids is 1. The van der Waals surface area contributed by atoms with E-state index in [1.807, 2.05) is 0 Å². The zero-order valence-electron chi connectivity index (χ0n) is 14.8. The highest BCUT2D eigenvalue weighted by Gasteiger charge is 2.14. The molecular weight excluding hydrogens is 320 g/mol. The second kappa shape index (κ2) is 12.1. The number of hydrogen-bond donors (Lipinski definition) is 3. The van der Waals surface area contributed by atoms with Crippen LogP contribution in [-0.2, 0) is 20.8 Å². The van der Waals surface area contributed by atoms with E-state index >= 15 is 0 Å². The Hall–Kier alpha value is -2.37. The first-order valence-electron chi connectivity index (χ1n) is 8.84. The monoisotopic (exact) mass is 348 g/mol. The van der Waals surface area contributed by atoms with E-state index in [9.17, 15) is 14.4 Å². The van der Waals surface area contributed by atoms with Crippen molar-refractivity contribution in [3.05, 3.63) is 29.8 Å². The van der Waals surface area contributed by atoms with Gasteiger partial charge in [0.1, 0.15) is 6.29 Å². The van der Waals surface area contributed by atoms with Gasteiger partial charge < -0.3 is 20.5 Å². The van der Waals surface area contributed by atoms with Crippen molar-refractivity contribution in [1.29, 1.82) is 0 Å². The second-order valence-corrected chi connectivity index (χ2v) is 6.05. The Morgan fingerprint density at radius 1 is 1.20 bits per heavy atom. The first-order chi connectivity index (χ1) is 12.0. The minimum absolute atomic E-state index is 0.267. The molecule has 6 nitrogen and oxygen atoms in total. The van der Waals surface area contributed by atoms with Crippen molar-refractivity contribution in [2.45, 2.75) is 57.9 Å². The lowest BCUT2D eigenvalue weighted by Gasteiger charge is -2.10. The molecule has 0 bridgehead atoms. The molecule has 0 saturated carbocycles. The molecule has 1 atom stereocenters. The van der Waals surface area contributed by atoms with Crippen LogP contribution in [0.5, 0.6) is 0 Å². The largest absolute Gasteiger partial charge is 0.481 e. The van der Waals surface area contributed by atoms with E-state index in [0.29, 0.717) is 12.7 Å². The number of carboxylic acid groups (broad SMARTS) is 1. The number of aliphatic carboxylic acids is 1. The lowest BCUT2D eigenvalue weighted by Crippen LogP contribution is -2.37. The van der Waals surface area contributed by atoms with Crippen molar-refractivity contribution in [1.82, 2.24) is 5.32 Å². The number of carbonyl (C=O) groups is 3. The summed E-state index contributed by atoms with van der Waals surface area (Å²) in [4.78, 5) is 32.9. The predicted octanol–water partition coefficient (Wildman–Crippen LogP) is 2.77. The second-order valence-electron chi connectivity index (χ2n) is 6.05. The van der Waals surface area contributed by atoms with Gasteiger partial charge in [-0.2, -0.15) is 0 Å². The third-order valence-corrected chi connectivity index (χ3v) is 3.83. The van der Waals surface area contributed by atoms with E-state index in [0.717, 1.165) is 44.3 Å². The van der Waals surface area contributed by atoms with Gasteiger partial charge in [0.2, 0.25) is 5.91 Å². The Bertz CT molecular complexity index is 560. The van der Waals surface area contributed by atoms with Gasteiger partial charge in [-0.25, -0.2) is 0 Å². The van der Waals surface area contributed by atoms with Crippen LogP contribution in [0, 0.1) is 0 Å². The van der Waals surface area contributed by atoms with Crippen LogP contribution in [0.2, 0.25) is 0 Å². The number of carbonyl (C=O) groups excluding carboxylic acids is 2.